The number of nitrogens with zero attached hydrogens (tertiary/aromatic N) is 1. The number of ether oxygens (including phenoxy) is 1. The summed E-state index contributed by atoms with van der Waals surface area (Å²) in [4.78, 5) is 2.09. The van der Waals surface area contributed by atoms with Gasteiger partial charge in [0, 0.05) is 6.54 Å². The first-order valence-corrected chi connectivity index (χ1v) is 6.87. The summed E-state index contributed by atoms with van der Waals surface area (Å²) in [5.41, 5.74) is 8.52. The maximum atomic E-state index is 5.94. The zero-order valence-corrected chi connectivity index (χ0v) is 13.7. The van der Waals surface area contributed by atoms with Gasteiger partial charge in [0.2, 0.25) is 0 Å². The molecule has 0 atom stereocenters. The van der Waals surface area contributed by atoms with Crippen LogP contribution in [0.25, 0.3) is 11.1 Å². The van der Waals surface area contributed by atoms with Gasteiger partial charge in [-0.05, 0) is 49.5 Å². The van der Waals surface area contributed by atoms with Crippen molar-refractivity contribution in [1.82, 2.24) is 4.90 Å². The van der Waals surface area contributed by atoms with E-state index in [2.05, 4.69) is 4.90 Å². The highest BCUT2D eigenvalue weighted by Crippen LogP contribution is 2.28. The van der Waals surface area contributed by atoms with Gasteiger partial charge in [-0.25, -0.2) is 0 Å². The molecule has 0 fully saturated rings. The van der Waals surface area contributed by atoms with Crippen LogP contribution in [0.15, 0.2) is 42.5 Å². The van der Waals surface area contributed by atoms with E-state index in [1.807, 2.05) is 56.6 Å². The SMILES string of the molecule is CN(C)CCOc1cccc(-c2ccc(Cl)c(N)c2)c1.Cl. The van der Waals surface area contributed by atoms with Crippen molar-refractivity contribution < 1.29 is 4.74 Å². The maximum Gasteiger partial charge on any atom is 0.119 e. The zero-order valence-electron chi connectivity index (χ0n) is 12.2. The molecule has 0 aliphatic carbocycles. The highest BCUT2D eigenvalue weighted by molar-refractivity contribution is 6.33. The average Bonchev–Trinajstić information content (AvgIpc) is 2.42. The van der Waals surface area contributed by atoms with Crippen molar-refractivity contribution in [3.05, 3.63) is 47.5 Å². The van der Waals surface area contributed by atoms with Crippen LogP contribution in [0.4, 0.5) is 5.69 Å². The number of benzene rings is 2. The van der Waals surface area contributed by atoms with E-state index in [1.54, 1.807) is 0 Å². The van der Waals surface area contributed by atoms with Crippen molar-refractivity contribution in [2.75, 3.05) is 33.0 Å². The van der Waals surface area contributed by atoms with E-state index in [-0.39, 0.29) is 12.4 Å². The lowest BCUT2D eigenvalue weighted by Gasteiger charge is -2.12. The lowest BCUT2D eigenvalue weighted by molar-refractivity contribution is 0.261. The van der Waals surface area contributed by atoms with Crippen LogP contribution in [0, 0.1) is 0 Å². The molecule has 0 unspecified atom stereocenters. The van der Waals surface area contributed by atoms with Crippen LogP contribution >= 0.6 is 24.0 Å². The Balaban J connectivity index is 0.00000220. The molecular formula is C16H20Cl2N2O. The smallest absolute Gasteiger partial charge is 0.119 e. The zero-order chi connectivity index (χ0) is 14.5. The topological polar surface area (TPSA) is 38.5 Å². The highest BCUT2D eigenvalue weighted by Gasteiger charge is 2.03. The first-order chi connectivity index (χ1) is 9.56. The Bertz CT molecular complexity index is 588. The van der Waals surface area contributed by atoms with Crippen molar-refractivity contribution >= 4 is 29.7 Å². The Hall–Kier alpha value is -1.42. The lowest BCUT2D eigenvalue weighted by atomic mass is 10.0. The van der Waals surface area contributed by atoms with Crippen LogP contribution in [0.5, 0.6) is 5.75 Å². The van der Waals surface area contributed by atoms with Gasteiger partial charge in [0.05, 0.1) is 10.7 Å². The predicted octanol–water partition coefficient (Wildman–Crippen LogP) is 3.95. The molecule has 0 spiro atoms. The molecule has 2 rings (SSSR count). The van der Waals surface area contributed by atoms with Gasteiger partial charge in [-0.1, -0.05) is 29.8 Å². The molecule has 0 saturated heterocycles. The molecular weight excluding hydrogens is 307 g/mol. The molecule has 0 bridgehead atoms. The number of likely N-dealkylation sites (N-methyl/N-ethyl adjacent to an activating group) is 1. The van der Waals surface area contributed by atoms with Gasteiger partial charge in [0.1, 0.15) is 12.4 Å². The van der Waals surface area contributed by atoms with Crippen LogP contribution in [0.2, 0.25) is 5.02 Å². The third kappa shape index (κ3) is 5.12. The number of hydrogen-bond acceptors (Lipinski definition) is 3. The summed E-state index contributed by atoms with van der Waals surface area (Å²) < 4.78 is 5.73. The van der Waals surface area contributed by atoms with Crippen LogP contribution in [-0.4, -0.2) is 32.1 Å². The summed E-state index contributed by atoms with van der Waals surface area (Å²) in [6, 6.07) is 13.6. The molecule has 2 aromatic rings. The molecule has 0 radical (unpaired) electrons. The molecule has 0 amide bonds. The molecule has 3 nitrogen and oxygen atoms in total. The summed E-state index contributed by atoms with van der Waals surface area (Å²) in [6.45, 7) is 1.55. The van der Waals surface area contributed by atoms with E-state index in [4.69, 9.17) is 22.1 Å². The van der Waals surface area contributed by atoms with Gasteiger partial charge in [-0.15, -0.1) is 12.4 Å². The third-order valence-corrected chi connectivity index (χ3v) is 3.31. The lowest BCUT2D eigenvalue weighted by Crippen LogP contribution is -2.19. The fourth-order valence-electron chi connectivity index (χ4n) is 1.83. The van der Waals surface area contributed by atoms with Crippen LogP contribution in [0.3, 0.4) is 0 Å². The summed E-state index contributed by atoms with van der Waals surface area (Å²) in [5.74, 6) is 0.859. The van der Waals surface area contributed by atoms with Gasteiger partial charge >= 0.3 is 0 Å². The van der Waals surface area contributed by atoms with Crippen LogP contribution < -0.4 is 10.5 Å². The maximum absolute atomic E-state index is 5.94. The molecule has 0 aliphatic heterocycles. The van der Waals surface area contributed by atoms with Gasteiger partial charge in [-0.2, -0.15) is 0 Å². The quantitative estimate of drug-likeness (QED) is 0.845. The van der Waals surface area contributed by atoms with Gasteiger partial charge in [0.15, 0.2) is 0 Å². The van der Waals surface area contributed by atoms with Crippen LogP contribution in [0.1, 0.15) is 0 Å². The molecule has 0 saturated carbocycles. The minimum atomic E-state index is 0. The highest BCUT2D eigenvalue weighted by atomic mass is 35.5. The molecule has 114 valence electrons. The summed E-state index contributed by atoms with van der Waals surface area (Å²) in [6.07, 6.45) is 0. The molecule has 0 heterocycles. The minimum Gasteiger partial charge on any atom is -0.492 e. The predicted molar refractivity (Wildman–Crippen MR) is 92.6 cm³/mol. The van der Waals surface area contributed by atoms with Crippen molar-refractivity contribution in [1.29, 1.82) is 0 Å². The summed E-state index contributed by atoms with van der Waals surface area (Å²) in [5, 5.41) is 0.576. The van der Waals surface area contributed by atoms with E-state index in [0.29, 0.717) is 17.3 Å². The van der Waals surface area contributed by atoms with E-state index in [9.17, 15) is 0 Å². The Morgan fingerprint density at radius 2 is 1.81 bits per heavy atom. The van der Waals surface area contributed by atoms with Gasteiger partial charge < -0.3 is 15.4 Å². The Labute approximate surface area is 137 Å². The Kier molecular flexibility index (Phi) is 6.82. The summed E-state index contributed by atoms with van der Waals surface area (Å²) in [7, 11) is 4.05. The number of nitrogens with two attached hydrogens (primary N) is 1. The second-order valence-electron chi connectivity index (χ2n) is 4.92. The van der Waals surface area contributed by atoms with Crippen molar-refractivity contribution in [2.24, 2.45) is 0 Å². The molecule has 0 aliphatic rings. The van der Waals surface area contributed by atoms with Crippen molar-refractivity contribution in [3.63, 3.8) is 0 Å². The fourth-order valence-corrected chi connectivity index (χ4v) is 1.95. The third-order valence-electron chi connectivity index (χ3n) is 2.97. The van der Waals surface area contributed by atoms with Crippen molar-refractivity contribution in [2.45, 2.75) is 0 Å². The minimum absolute atomic E-state index is 0. The van der Waals surface area contributed by atoms with Crippen molar-refractivity contribution in [3.8, 4) is 16.9 Å². The number of hydrogen-bond donors (Lipinski definition) is 1. The number of halogens is 2. The normalized spacial score (nSPS) is 10.3. The molecule has 0 aromatic heterocycles. The van der Waals surface area contributed by atoms with Gasteiger partial charge in [-0.3, -0.25) is 0 Å². The van der Waals surface area contributed by atoms with E-state index < -0.39 is 0 Å². The molecule has 5 heteroatoms. The largest absolute Gasteiger partial charge is 0.492 e. The first-order valence-electron chi connectivity index (χ1n) is 6.49. The van der Waals surface area contributed by atoms with Crippen LogP contribution in [-0.2, 0) is 0 Å². The Morgan fingerprint density at radius 3 is 2.48 bits per heavy atom. The van der Waals surface area contributed by atoms with E-state index in [1.165, 1.54) is 0 Å². The van der Waals surface area contributed by atoms with Gasteiger partial charge in [0.25, 0.3) is 0 Å². The number of anilines is 1. The second kappa shape index (κ2) is 8.13. The first kappa shape index (κ1) is 17.6. The van der Waals surface area contributed by atoms with E-state index >= 15 is 0 Å². The average molecular weight is 327 g/mol. The van der Waals surface area contributed by atoms with E-state index in [0.717, 1.165) is 23.4 Å². The number of rotatable bonds is 5. The fraction of sp³-hybridized carbons (Fsp3) is 0.250. The standard InChI is InChI=1S/C16H19ClN2O.ClH/c1-19(2)8-9-20-14-5-3-4-12(10-14)13-6-7-15(17)16(18)11-13;/h3-7,10-11H,8-9,18H2,1-2H3;1H. The monoisotopic (exact) mass is 326 g/mol. The molecule has 2 aromatic carbocycles. The molecule has 2 N–H and O–H groups in total. The second-order valence-corrected chi connectivity index (χ2v) is 5.32. The molecule has 21 heavy (non-hydrogen) atoms. The number of nitrogen functional groups attached to an aromatic ring is 1. The Morgan fingerprint density at radius 1 is 1.10 bits per heavy atom. The summed E-state index contributed by atoms with van der Waals surface area (Å²) >= 11 is 5.94.